The molecule has 0 saturated carbocycles. The molecule has 0 fully saturated rings. The molecule has 1 heterocycles. The minimum Gasteiger partial charge on any atom is -0.423 e. The Bertz CT molecular complexity index is 854. The van der Waals surface area contributed by atoms with E-state index in [4.69, 9.17) is 9.15 Å². The molecule has 0 bridgehead atoms. The zero-order valence-electron chi connectivity index (χ0n) is 13.3. The second kappa shape index (κ2) is 7.40. The lowest BCUT2D eigenvalue weighted by molar-refractivity contribution is 0.144. The molecule has 4 heteroatoms. The Balaban J connectivity index is 1.89. The Morgan fingerprint density at radius 1 is 1.17 bits per heavy atom. The van der Waals surface area contributed by atoms with Gasteiger partial charge in [-0.05, 0) is 42.3 Å². The van der Waals surface area contributed by atoms with Gasteiger partial charge in [-0.2, -0.15) is 0 Å². The van der Waals surface area contributed by atoms with Crippen LogP contribution in [0.5, 0.6) is 0 Å². The van der Waals surface area contributed by atoms with Gasteiger partial charge in [-0.25, -0.2) is 4.79 Å². The molecule has 0 unspecified atom stereocenters. The zero-order chi connectivity index (χ0) is 16.1. The molecule has 0 radical (unpaired) electrons. The summed E-state index contributed by atoms with van der Waals surface area (Å²) < 4.78 is 10.7. The maximum absolute atomic E-state index is 11.8. The number of hydrogen-bond acceptors (Lipinski definition) is 4. The number of rotatable bonds is 7. The highest BCUT2D eigenvalue weighted by molar-refractivity contribution is 6.07. The first-order valence-electron chi connectivity index (χ1n) is 8.02. The summed E-state index contributed by atoms with van der Waals surface area (Å²) in [6.07, 6.45) is 0.952. The lowest BCUT2D eigenvalue weighted by Crippen LogP contribution is -2.17. The summed E-state index contributed by atoms with van der Waals surface area (Å²) in [5.74, 6) is 0. The summed E-state index contributed by atoms with van der Waals surface area (Å²) in [5.41, 5.74) is 1.31. The quantitative estimate of drug-likeness (QED) is 0.412. The van der Waals surface area contributed by atoms with E-state index in [0.29, 0.717) is 12.1 Å². The van der Waals surface area contributed by atoms with Crippen molar-refractivity contribution in [3.05, 3.63) is 58.4 Å². The van der Waals surface area contributed by atoms with Crippen LogP contribution in [0.3, 0.4) is 0 Å². The van der Waals surface area contributed by atoms with E-state index in [1.165, 1.54) is 0 Å². The van der Waals surface area contributed by atoms with Crippen molar-refractivity contribution < 1.29 is 9.15 Å². The molecule has 0 amide bonds. The van der Waals surface area contributed by atoms with E-state index in [9.17, 15) is 4.79 Å². The van der Waals surface area contributed by atoms with Crippen molar-refractivity contribution >= 4 is 21.7 Å². The van der Waals surface area contributed by atoms with Crippen LogP contribution in [-0.4, -0.2) is 19.8 Å². The Kier molecular flexibility index (Phi) is 5.05. The standard InChI is InChI=1S/C19H21NO3/c1-2-22-11-5-10-20-13-15-12-18(21)23-17-9-8-14-6-3-4-7-16(14)19(15)17/h3-4,6-9,12,20H,2,5,10-11,13H2,1H3. The topological polar surface area (TPSA) is 51.5 Å². The molecule has 120 valence electrons. The van der Waals surface area contributed by atoms with E-state index in [0.717, 1.165) is 47.9 Å². The molecule has 0 atom stereocenters. The predicted octanol–water partition coefficient (Wildman–Crippen LogP) is 3.46. The molecule has 0 spiro atoms. The number of benzene rings is 2. The van der Waals surface area contributed by atoms with Crippen LogP contribution in [0, 0.1) is 0 Å². The van der Waals surface area contributed by atoms with E-state index >= 15 is 0 Å². The van der Waals surface area contributed by atoms with Crippen molar-refractivity contribution in [2.24, 2.45) is 0 Å². The van der Waals surface area contributed by atoms with Gasteiger partial charge in [0.05, 0.1) is 0 Å². The molecule has 0 aliphatic carbocycles. The molecular formula is C19H21NO3. The van der Waals surface area contributed by atoms with Crippen molar-refractivity contribution in [1.29, 1.82) is 0 Å². The molecule has 0 aliphatic rings. The number of fused-ring (bicyclic) bond motifs is 3. The highest BCUT2D eigenvalue weighted by Crippen LogP contribution is 2.27. The van der Waals surface area contributed by atoms with Gasteiger partial charge < -0.3 is 14.5 Å². The lowest BCUT2D eigenvalue weighted by Gasteiger charge is -2.10. The fourth-order valence-electron chi connectivity index (χ4n) is 2.83. The number of ether oxygens (including phenoxy) is 1. The second-order valence-electron chi connectivity index (χ2n) is 5.48. The van der Waals surface area contributed by atoms with E-state index < -0.39 is 0 Å². The Morgan fingerprint density at radius 2 is 2.04 bits per heavy atom. The molecule has 1 aromatic heterocycles. The molecule has 4 nitrogen and oxygen atoms in total. The SMILES string of the molecule is CCOCCCNCc1cc(=O)oc2ccc3ccccc3c12. The molecule has 3 rings (SSSR count). The molecule has 0 saturated heterocycles. The molecular weight excluding hydrogens is 290 g/mol. The number of hydrogen-bond donors (Lipinski definition) is 1. The van der Waals surface area contributed by atoms with Gasteiger partial charge in [-0.3, -0.25) is 0 Å². The minimum atomic E-state index is -0.307. The lowest BCUT2D eigenvalue weighted by atomic mass is 10.0. The summed E-state index contributed by atoms with van der Waals surface area (Å²) in [4.78, 5) is 11.8. The number of nitrogens with one attached hydrogen (secondary N) is 1. The minimum absolute atomic E-state index is 0.307. The summed E-state index contributed by atoms with van der Waals surface area (Å²) in [7, 11) is 0. The summed E-state index contributed by atoms with van der Waals surface area (Å²) in [6.45, 7) is 4.99. The first-order chi connectivity index (χ1) is 11.3. The predicted molar refractivity (Wildman–Crippen MR) is 92.8 cm³/mol. The highest BCUT2D eigenvalue weighted by Gasteiger charge is 2.09. The van der Waals surface area contributed by atoms with Gasteiger partial charge in [0.2, 0.25) is 0 Å². The normalized spacial score (nSPS) is 11.3. The molecule has 23 heavy (non-hydrogen) atoms. The van der Waals surface area contributed by atoms with E-state index in [1.807, 2.05) is 31.2 Å². The van der Waals surface area contributed by atoms with Crippen LogP contribution < -0.4 is 10.9 Å². The Hall–Kier alpha value is -2.17. The fraction of sp³-hybridized carbons (Fsp3) is 0.316. The van der Waals surface area contributed by atoms with Crippen LogP contribution in [0.25, 0.3) is 21.7 Å². The van der Waals surface area contributed by atoms with Crippen molar-refractivity contribution in [3.63, 3.8) is 0 Å². The first kappa shape index (κ1) is 15.7. The van der Waals surface area contributed by atoms with Crippen LogP contribution in [0.2, 0.25) is 0 Å². The van der Waals surface area contributed by atoms with Crippen LogP contribution >= 0.6 is 0 Å². The molecule has 3 aromatic rings. The van der Waals surface area contributed by atoms with Crippen molar-refractivity contribution in [3.8, 4) is 0 Å². The zero-order valence-corrected chi connectivity index (χ0v) is 13.3. The van der Waals surface area contributed by atoms with E-state index in [-0.39, 0.29) is 5.63 Å². The smallest absolute Gasteiger partial charge is 0.336 e. The average molecular weight is 311 g/mol. The summed E-state index contributed by atoms with van der Waals surface area (Å²) >= 11 is 0. The monoisotopic (exact) mass is 311 g/mol. The highest BCUT2D eigenvalue weighted by atomic mass is 16.5. The Labute approximate surface area is 135 Å². The third kappa shape index (κ3) is 3.60. The van der Waals surface area contributed by atoms with Gasteiger partial charge in [-0.15, -0.1) is 0 Å². The van der Waals surface area contributed by atoms with Crippen LogP contribution in [0.1, 0.15) is 18.9 Å². The third-order valence-corrected chi connectivity index (χ3v) is 3.88. The first-order valence-corrected chi connectivity index (χ1v) is 8.02. The van der Waals surface area contributed by atoms with Crippen LogP contribution in [0.4, 0.5) is 0 Å². The van der Waals surface area contributed by atoms with Gasteiger partial charge in [0, 0.05) is 31.2 Å². The second-order valence-corrected chi connectivity index (χ2v) is 5.48. The average Bonchev–Trinajstić information content (AvgIpc) is 2.57. The van der Waals surface area contributed by atoms with Crippen molar-refractivity contribution in [1.82, 2.24) is 5.32 Å². The third-order valence-electron chi connectivity index (χ3n) is 3.88. The van der Waals surface area contributed by atoms with Crippen LogP contribution in [0.15, 0.2) is 51.7 Å². The van der Waals surface area contributed by atoms with Crippen molar-refractivity contribution in [2.75, 3.05) is 19.8 Å². The maximum Gasteiger partial charge on any atom is 0.336 e. The molecule has 2 aromatic carbocycles. The fourth-order valence-corrected chi connectivity index (χ4v) is 2.83. The largest absolute Gasteiger partial charge is 0.423 e. The summed E-state index contributed by atoms with van der Waals surface area (Å²) in [5, 5.41) is 6.65. The van der Waals surface area contributed by atoms with Crippen molar-refractivity contribution in [2.45, 2.75) is 19.9 Å². The van der Waals surface area contributed by atoms with Gasteiger partial charge in [0.25, 0.3) is 0 Å². The Morgan fingerprint density at radius 3 is 2.91 bits per heavy atom. The van der Waals surface area contributed by atoms with Gasteiger partial charge in [-0.1, -0.05) is 30.3 Å². The summed E-state index contributed by atoms with van der Waals surface area (Å²) in [6, 6.07) is 13.6. The van der Waals surface area contributed by atoms with E-state index in [2.05, 4.69) is 17.4 Å². The van der Waals surface area contributed by atoms with Gasteiger partial charge in [0.15, 0.2) is 0 Å². The molecule has 0 aliphatic heterocycles. The maximum atomic E-state index is 11.8. The van der Waals surface area contributed by atoms with Gasteiger partial charge in [0.1, 0.15) is 5.58 Å². The van der Waals surface area contributed by atoms with E-state index in [1.54, 1.807) is 6.07 Å². The van der Waals surface area contributed by atoms with Crippen LogP contribution in [-0.2, 0) is 11.3 Å². The van der Waals surface area contributed by atoms with Gasteiger partial charge >= 0.3 is 5.63 Å². The molecule has 1 N–H and O–H groups in total.